The zero-order valence-corrected chi connectivity index (χ0v) is 11.6. The third-order valence-electron chi connectivity index (χ3n) is 4.39. The first-order valence-electron chi connectivity index (χ1n) is 7.50. The molecule has 4 heteroatoms. The van der Waals surface area contributed by atoms with Crippen molar-refractivity contribution >= 4 is 5.91 Å². The van der Waals surface area contributed by atoms with E-state index in [-0.39, 0.29) is 11.8 Å². The van der Waals surface area contributed by atoms with Gasteiger partial charge in [0, 0.05) is 13.1 Å². The maximum absolute atomic E-state index is 12.0. The summed E-state index contributed by atoms with van der Waals surface area (Å²) in [6.07, 6.45) is 4.65. The maximum Gasteiger partial charge on any atom is 0.224 e. The summed E-state index contributed by atoms with van der Waals surface area (Å²) in [5.41, 5.74) is 0. The van der Waals surface area contributed by atoms with Gasteiger partial charge in [-0.05, 0) is 57.8 Å². The van der Waals surface area contributed by atoms with Crippen LogP contribution in [0.4, 0.5) is 0 Å². The molecular weight excluding hydrogens is 226 g/mol. The molecule has 0 aromatic heterocycles. The van der Waals surface area contributed by atoms with E-state index in [0.717, 1.165) is 39.0 Å². The topological polar surface area (TPSA) is 44.4 Å². The van der Waals surface area contributed by atoms with Gasteiger partial charge in [0.25, 0.3) is 0 Å². The highest BCUT2D eigenvalue weighted by atomic mass is 16.1. The molecule has 0 bridgehead atoms. The van der Waals surface area contributed by atoms with Crippen LogP contribution < -0.4 is 10.6 Å². The number of hydrogen-bond acceptors (Lipinski definition) is 3. The lowest BCUT2D eigenvalue weighted by atomic mass is 9.95. The first-order valence-corrected chi connectivity index (χ1v) is 7.50. The molecule has 18 heavy (non-hydrogen) atoms. The average Bonchev–Trinajstić information content (AvgIpc) is 2.46. The van der Waals surface area contributed by atoms with Gasteiger partial charge in [-0.2, -0.15) is 0 Å². The molecule has 0 spiro atoms. The molecule has 2 fully saturated rings. The Morgan fingerprint density at radius 3 is 2.72 bits per heavy atom. The van der Waals surface area contributed by atoms with Crippen LogP contribution in [0.2, 0.25) is 0 Å². The minimum absolute atomic E-state index is 0.203. The van der Waals surface area contributed by atoms with Gasteiger partial charge in [-0.15, -0.1) is 0 Å². The fourth-order valence-electron chi connectivity index (χ4n) is 2.97. The molecule has 0 aromatic carbocycles. The molecular formula is C14H27N3O. The van der Waals surface area contributed by atoms with E-state index in [1.165, 1.54) is 25.9 Å². The van der Waals surface area contributed by atoms with Gasteiger partial charge < -0.3 is 15.5 Å². The van der Waals surface area contributed by atoms with E-state index >= 15 is 0 Å². The zero-order chi connectivity index (χ0) is 12.8. The van der Waals surface area contributed by atoms with E-state index in [4.69, 9.17) is 0 Å². The number of amides is 1. The summed E-state index contributed by atoms with van der Waals surface area (Å²) < 4.78 is 0. The standard InChI is InChI=1S/C14H27N3O/c1-2-17-8-5-12(6-9-17)10-16-14(18)13-4-3-7-15-11-13/h12-13,15H,2-11H2,1H3,(H,16,18). The number of hydrogen-bond donors (Lipinski definition) is 2. The van der Waals surface area contributed by atoms with Crippen LogP contribution in [-0.2, 0) is 4.79 Å². The highest BCUT2D eigenvalue weighted by Crippen LogP contribution is 2.16. The van der Waals surface area contributed by atoms with E-state index < -0.39 is 0 Å². The van der Waals surface area contributed by atoms with Crippen LogP contribution in [-0.4, -0.2) is 50.1 Å². The highest BCUT2D eigenvalue weighted by Gasteiger charge is 2.23. The Morgan fingerprint density at radius 1 is 1.33 bits per heavy atom. The van der Waals surface area contributed by atoms with Gasteiger partial charge in [0.2, 0.25) is 5.91 Å². The molecule has 4 nitrogen and oxygen atoms in total. The van der Waals surface area contributed by atoms with Crippen molar-refractivity contribution < 1.29 is 4.79 Å². The molecule has 2 N–H and O–H groups in total. The van der Waals surface area contributed by atoms with Crippen LogP contribution in [0.3, 0.4) is 0 Å². The number of nitrogens with zero attached hydrogens (tertiary/aromatic N) is 1. The van der Waals surface area contributed by atoms with Crippen molar-refractivity contribution in [2.45, 2.75) is 32.6 Å². The Morgan fingerprint density at radius 2 is 2.11 bits per heavy atom. The van der Waals surface area contributed by atoms with E-state index in [2.05, 4.69) is 22.5 Å². The number of rotatable bonds is 4. The number of carbonyl (C=O) groups is 1. The molecule has 2 aliphatic heterocycles. The zero-order valence-electron chi connectivity index (χ0n) is 11.6. The smallest absolute Gasteiger partial charge is 0.224 e. The van der Waals surface area contributed by atoms with E-state index in [0.29, 0.717) is 5.92 Å². The Hall–Kier alpha value is -0.610. The SMILES string of the molecule is CCN1CCC(CNC(=O)C2CCCNC2)CC1. The lowest BCUT2D eigenvalue weighted by Gasteiger charge is -2.31. The number of nitrogens with one attached hydrogen (secondary N) is 2. The lowest BCUT2D eigenvalue weighted by molar-refractivity contribution is -0.125. The van der Waals surface area contributed by atoms with Gasteiger partial charge in [0.15, 0.2) is 0 Å². The Bertz CT molecular complexity index is 256. The number of likely N-dealkylation sites (tertiary alicyclic amines) is 1. The summed E-state index contributed by atoms with van der Waals surface area (Å²) in [7, 11) is 0. The Balaban J connectivity index is 1.63. The normalized spacial score (nSPS) is 27.1. The first kappa shape index (κ1) is 13.8. The molecule has 1 unspecified atom stereocenters. The van der Waals surface area contributed by atoms with Crippen molar-refractivity contribution in [1.82, 2.24) is 15.5 Å². The van der Waals surface area contributed by atoms with Gasteiger partial charge in [0.1, 0.15) is 0 Å². The van der Waals surface area contributed by atoms with Crippen molar-refractivity contribution in [1.29, 1.82) is 0 Å². The molecule has 1 amide bonds. The van der Waals surface area contributed by atoms with Gasteiger partial charge in [0.05, 0.1) is 5.92 Å². The quantitative estimate of drug-likeness (QED) is 0.780. The minimum atomic E-state index is 0.203. The fraction of sp³-hybridized carbons (Fsp3) is 0.929. The molecule has 0 radical (unpaired) electrons. The Kier molecular flexibility index (Phi) is 5.45. The van der Waals surface area contributed by atoms with Crippen molar-refractivity contribution in [3.05, 3.63) is 0 Å². The fourth-order valence-corrected chi connectivity index (χ4v) is 2.97. The van der Waals surface area contributed by atoms with Crippen LogP contribution in [0.5, 0.6) is 0 Å². The summed E-state index contributed by atoms with van der Waals surface area (Å²) in [6, 6.07) is 0. The summed E-state index contributed by atoms with van der Waals surface area (Å²) in [4.78, 5) is 14.5. The van der Waals surface area contributed by atoms with Crippen molar-refractivity contribution in [2.24, 2.45) is 11.8 Å². The summed E-state index contributed by atoms with van der Waals surface area (Å²) in [5.74, 6) is 1.16. The third-order valence-corrected chi connectivity index (χ3v) is 4.39. The molecule has 0 saturated carbocycles. The van der Waals surface area contributed by atoms with Gasteiger partial charge in [-0.1, -0.05) is 6.92 Å². The molecule has 1 atom stereocenters. The second-order valence-electron chi connectivity index (χ2n) is 5.67. The third kappa shape index (κ3) is 3.95. The molecule has 2 aliphatic rings. The van der Waals surface area contributed by atoms with Gasteiger partial charge in [-0.3, -0.25) is 4.79 Å². The van der Waals surface area contributed by atoms with E-state index in [1.54, 1.807) is 0 Å². The predicted octanol–water partition coefficient (Wildman–Crippen LogP) is 0.834. The molecule has 2 rings (SSSR count). The molecule has 104 valence electrons. The van der Waals surface area contributed by atoms with Crippen LogP contribution >= 0.6 is 0 Å². The van der Waals surface area contributed by atoms with Crippen molar-refractivity contribution in [3.63, 3.8) is 0 Å². The maximum atomic E-state index is 12.0. The predicted molar refractivity (Wildman–Crippen MR) is 73.4 cm³/mol. The average molecular weight is 253 g/mol. The van der Waals surface area contributed by atoms with Gasteiger partial charge in [-0.25, -0.2) is 0 Å². The largest absolute Gasteiger partial charge is 0.356 e. The Labute approximate surface area is 110 Å². The first-order chi connectivity index (χ1) is 8.79. The summed E-state index contributed by atoms with van der Waals surface area (Å²) >= 11 is 0. The minimum Gasteiger partial charge on any atom is -0.356 e. The molecule has 2 heterocycles. The summed E-state index contributed by atoms with van der Waals surface area (Å²) in [5, 5.41) is 6.46. The van der Waals surface area contributed by atoms with Crippen molar-refractivity contribution in [3.8, 4) is 0 Å². The van der Waals surface area contributed by atoms with Crippen LogP contribution in [0.1, 0.15) is 32.6 Å². The second-order valence-corrected chi connectivity index (χ2v) is 5.67. The van der Waals surface area contributed by atoms with Crippen LogP contribution in [0.15, 0.2) is 0 Å². The number of carbonyl (C=O) groups excluding carboxylic acids is 1. The number of piperidine rings is 2. The van der Waals surface area contributed by atoms with Crippen molar-refractivity contribution in [2.75, 3.05) is 39.3 Å². The van der Waals surface area contributed by atoms with E-state index in [9.17, 15) is 4.79 Å². The molecule has 0 aliphatic carbocycles. The lowest BCUT2D eigenvalue weighted by Crippen LogP contribution is -2.43. The van der Waals surface area contributed by atoms with Crippen LogP contribution in [0, 0.1) is 11.8 Å². The van der Waals surface area contributed by atoms with E-state index in [1.807, 2.05) is 0 Å². The molecule has 2 saturated heterocycles. The van der Waals surface area contributed by atoms with Crippen LogP contribution in [0.25, 0.3) is 0 Å². The second kappa shape index (κ2) is 7.10. The monoisotopic (exact) mass is 253 g/mol. The molecule has 0 aromatic rings. The summed E-state index contributed by atoms with van der Waals surface area (Å²) in [6.45, 7) is 8.58. The van der Waals surface area contributed by atoms with Gasteiger partial charge >= 0.3 is 0 Å². The highest BCUT2D eigenvalue weighted by molar-refractivity contribution is 5.78.